The molecule has 0 radical (unpaired) electrons. The van der Waals surface area contributed by atoms with Gasteiger partial charge < -0.3 is 14.4 Å². The minimum atomic E-state index is -4.39. The fourth-order valence-corrected chi connectivity index (χ4v) is 3.64. The molecule has 0 aliphatic carbocycles. The van der Waals surface area contributed by atoms with Crippen LogP contribution in [0, 0.1) is 0 Å². The largest absolute Gasteiger partial charge is 0.417 e. The van der Waals surface area contributed by atoms with Gasteiger partial charge in [0.1, 0.15) is 5.82 Å². The van der Waals surface area contributed by atoms with Crippen molar-refractivity contribution in [3.05, 3.63) is 60.4 Å². The van der Waals surface area contributed by atoms with Crippen molar-refractivity contribution in [2.45, 2.75) is 19.1 Å². The number of amides is 1. The number of benzene rings is 1. The molecule has 4 rings (SSSR count). The van der Waals surface area contributed by atoms with E-state index in [1.165, 1.54) is 6.07 Å². The number of anilines is 1. The first-order valence-corrected chi connectivity index (χ1v) is 9.52. The Kier molecular flexibility index (Phi) is 5.17. The number of fused-ring (bicyclic) bond motifs is 1. The summed E-state index contributed by atoms with van der Waals surface area (Å²) in [6.45, 7) is 2.79. The lowest BCUT2D eigenvalue weighted by Crippen LogP contribution is -2.49. The fraction of sp³-hybridized carbons (Fsp3) is 0.333. The van der Waals surface area contributed by atoms with Crippen molar-refractivity contribution in [3.63, 3.8) is 0 Å². The average Bonchev–Trinajstić information content (AvgIpc) is 3.15. The molecular formula is C21H21F3N4O. The summed E-state index contributed by atoms with van der Waals surface area (Å²) in [6.07, 6.45) is -1.13. The Hall–Kier alpha value is -3.03. The molecule has 1 amide bonds. The predicted molar refractivity (Wildman–Crippen MR) is 105 cm³/mol. The zero-order valence-corrected chi connectivity index (χ0v) is 15.8. The highest BCUT2D eigenvalue weighted by Gasteiger charge is 2.31. The number of aromatic nitrogens is 2. The number of aryl methyl sites for hydroxylation is 1. The molecule has 0 spiro atoms. The summed E-state index contributed by atoms with van der Waals surface area (Å²) in [4.78, 5) is 20.2. The van der Waals surface area contributed by atoms with Crippen LogP contribution in [0.15, 0.2) is 54.9 Å². The molecule has 5 nitrogen and oxygen atoms in total. The third-order valence-electron chi connectivity index (χ3n) is 5.28. The normalized spacial score (nSPS) is 15.1. The number of piperazine rings is 1. The van der Waals surface area contributed by atoms with Gasteiger partial charge in [-0.3, -0.25) is 4.79 Å². The Morgan fingerprint density at radius 1 is 1.00 bits per heavy atom. The highest BCUT2D eigenvalue weighted by atomic mass is 19.4. The van der Waals surface area contributed by atoms with E-state index >= 15 is 0 Å². The van der Waals surface area contributed by atoms with Gasteiger partial charge in [0.2, 0.25) is 5.91 Å². The van der Waals surface area contributed by atoms with E-state index in [4.69, 9.17) is 0 Å². The lowest BCUT2D eigenvalue weighted by molar-refractivity contribution is -0.138. The number of hydrogen-bond acceptors (Lipinski definition) is 3. The lowest BCUT2D eigenvalue weighted by atomic mass is 10.2. The second kappa shape index (κ2) is 7.77. The van der Waals surface area contributed by atoms with Crippen LogP contribution in [0.1, 0.15) is 12.0 Å². The molecule has 1 aliphatic rings. The van der Waals surface area contributed by atoms with E-state index in [9.17, 15) is 18.0 Å². The number of hydrogen-bond donors (Lipinski definition) is 0. The molecule has 1 fully saturated rings. The Bertz CT molecular complexity index is 989. The number of pyridine rings is 1. The number of carbonyl (C=O) groups is 1. The topological polar surface area (TPSA) is 41.4 Å². The molecule has 2 aromatic heterocycles. The summed E-state index contributed by atoms with van der Waals surface area (Å²) < 4.78 is 40.1. The summed E-state index contributed by atoms with van der Waals surface area (Å²) in [6, 6.07) is 12.5. The van der Waals surface area contributed by atoms with E-state index in [1.54, 1.807) is 0 Å². The van der Waals surface area contributed by atoms with Crippen LogP contribution >= 0.6 is 0 Å². The molecule has 1 aromatic carbocycles. The van der Waals surface area contributed by atoms with Crippen LogP contribution in [0.2, 0.25) is 0 Å². The van der Waals surface area contributed by atoms with Crippen molar-refractivity contribution in [3.8, 4) is 0 Å². The van der Waals surface area contributed by atoms with Crippen molar-refractivity contribution >= 4 is 22.6 Å². The molecule has 0 unspecified atom stereocenters. The summed E-state index contributed by atoms with van der Waals surface area (Å²) in [5, 5.41) is 1.15. The first kappa shape index (κ1) is 19.3. The Morgan fingerprint density at radius 3 is 2.45 bits per heavy atom. The zero-order valence-electron chi connectivity index (χ0n) is 15.8. The Labute approximate surface area is 166 Å². The molecule has 0 N–H and O–H groups in total. The summed E-state index contributed by atoms with van der Waals surface area (Å²) in [5.74, 6) is 0.590. The minimum absolute atomic E-state index is 0.0859. The Balaban J connectivity index is 1.30. The molecule has 152 valence electrons. The minimum Gasteiger partial charge on any atom is -0.353 e. The van der Waals surface area contributed by atoms with Gasteiger partial charge in [-0.2, -0.15) is 13.2 Å². The maximum absolute atomic E-state index is 12.7. The van der Waals surface area contributed by atoms with E-state index in [2.05, 4.69) is 9.55 Å². The quantitative estimate of drug-likeness (QED) is 0.667. The highest BCUT2D eigenvalue weighted by Crippen LogP contribution is 2.29. The highest BCUT2D eigenvalue weighted by molar-refractivity contribution is 5.80. The predicted octanol–water partition coefficient (Wildman–Crippen LogP) is 3.79. The van der Waals surface area contributed by atoms with Gasteiger partial charge >= 0.3 is 6.18 Å². The molecule has 1 aliphatic heterocycles. The second-order valence-electron chi connectivity index (χ2n) is 7.09. The first-order chi connectivity index (χ1) is 13.9. The van der Waals surface area contributed by atoms with Gasteiger partial charge in [0.25, 0.3) is 0 Å². The van der Waals surface area contributed by atoms with Crippen LogP contribution in [-0.2, 0) is 17.5 Å². The first-order valence-electron chi connectivity index (χ1n) is 9.52. The third-order valence-corrected chi connectivity index (χ3v) is 5.28. The van der Waals surface area contributed by atoms with Gasteiger partial charge in [0.05, 0.1) is 5.56 Å². The monoisotopic (exact) mass is 402 g/mol. The molecular weight excluding hydrogens is 381 g/mol. The number of nitrogens with zero attached hydrogens (tertiary/aromatic N) is 4. The fourth-order valence-electron chi connectivity index (χ4n) is 3.64. The number of halogens is 3. The summed E-state index contributed by atoms with van der Waals surface area (Å²) in [5.41, 5.74) is 0.353. The van der Waals surface area contributed by atoms with Crippen LogP contribution < -0.4 is 4.90 Å². The number of rotatable bonds is 4. The van der Waals surface area contributed by atoms with E-state index < -0.39 is 11.7 Å². The molecule has 3 heterocycles. The van der Waals surface area contributed by atoms with Gasteiger partial charge in [-0.1, -0.05) is 18.2 Å². The third kappa shape index (κ3) is 4.21. The van der Waals surface area contributed by atoms with E-state index in [0.29, 0.717) is 45.0 Å². The average molecular weight is 402 g/mol. The van der Waals surface area contributed by atoms with Crippen molar-refractivity contribution in [2.75, 3.05) is 31.1 Å². The number of para-hydroxylation sites is 1. The van der Waals surface area contributed by atoms with E-state index in [-0.39, 0.29) is 5.91 Å². The van der Waals surface area contributed by atoms with Gasteiger partial charge in [-0.15, -0.1) is 0 Å². The van der Waals surface area contributed by atoms with Crippen LogP contribution in [-0.4, -0.2) is 46.5 Å². The van der Waals surface area contributed by atoms with E-state index in [1.807, 2.05) is 46.3 Å². The van der Waals surface area contributed by atoms with Crippen molar-refractivity contribution in [1.82, 2.24) is 14.5 Å². The van der Waals surface area contributed by atoms with Gasteiger partial charge in [-0.05, 0) is 29.7 Å². The summed E-state index contributed by atoms with van der Waals surface area (Å²) in [7, 11) is 0. The van der Waals surface area contributed by atoms with Crippen LogP contribution in [0.5, 0.6) is 0 Å². The van der Waals surface area contributed by atoms with Crippen LogP contribution in [0.25, 0.3) is 10.9 Å². The van der Waals surface area contributed by atoms with E-state index in [0.717, 1.165) is 23.2 Å². The zero-order chi connectivity index (χ0) is 20.4. The maximum Gasteiger partial charge on any atom is 0.417 e. The van der Waals surface area contributed by atoms with Crippen molar-refractivity contribution in [2.24, 2.45) is 0 Å². The van der Waals surface area contributed by atoms with Crippen LogP contribution in [0.4, 0.5) is 19.0 Å². The standard InChI is InChI=1S/C21H21F3N4O/c22-21(23,24)17-5-6-19(25-15-17)27-11-13-28(14-12-27)20(29)8-10-26-9-7-16-3-1-2-4-18(16)26/h1-7,9,15H,8,10-14H2. The summed E-state index contributed by atoms with van der Waals surface area (Å²) >= 11 is 0. The molecule has 3 aromatic rings. The van der Waals surface area contributed by atoms with Crippen molar-refractivity contribution in [1.29, 1.82) is 0 Å². The second-order valence-corrected chi connectivity index (χ2v) is 7.09. The van der Waals surface area contributed by atoms with Crippen LogP contribution in [0.3, 0.4) is 0 Å². The SMILES string of the molecule is O=C(CCn1ccc2ccccc21)N1CCN(c2ccc(C(F)(F)F)cn2)CC1. The Morgan fingerprint density at radius 2 is 1.76 bits per heavy atom. The number of carbonyl (C=O) groups excluding carboxylic acids is 1. The lowest BCUT2D eigenvalue weighted by Gasteiger charge is -2.35. The maximum atomic E-state index is 12.7. The van der Waals surface area contributed by atoms with Gasteiger partial charge in [0.15, 0.2) is 0 Å². The van der Waals surface area contributed by atoms with Gasteiger partial charge in [0, 0.05) is 57.1 Å². The molecule has 0 bridgehead atoms. The molecule has 8 heteroatoms. The molecule has 0 saturated carbocycles. The molecule has 0 atom stereocenters. The number of alkyl halides is 3. The smallest absolute Gasteiger partial charge is 0.353 e. The molecule has 29 heavy (non-hydrogen) atoms. The molecule has 1 saturated heterocycles. The van der Waals surface area contributed by atoms with Gasteiger partial charge in [-0.25, -0.2) is 4.98 Å². The van der Waals surface area contributed by atoms with Crippen molar-refractivity contribution < 1.29 is 18.0 Å².